The molecule has 0 spiro atoms. The molecule has 160 valence electrons. The number of aromatic amines is 1. The van der Waals surface area contributed by atoms with Crippen molar-refractivity contribution in [1.82, 2.24) is 24.8 Å². The number of nitrogens with one attached hydrogen (secondary N) is 1. The van der Waals surface area contributed by atoms with Crippen molar-refractivity contribution >= 4 is 11.7 Å². The molecule has 0 bridgehead atoms. The van der Waals surface area contributed by atoms with E-state index in [4.69, 9.17) is 9.97 Å². The molecule has 2 aliphatic heterocycles. The predicted octanol–water partition coefficient (Wildman–Crippen LogP) is 3.71. The van der Waals surface area contributed by atoms with E-state index in [1.54, 1.807) is 6.20 Å². The molecule has 4 heterocycles. The molecule has 5 rings (SSSR count). The Morgan fingerprint density at radius 2 is 1.97 bits per heavy atom. The van der Waals surface area contributed by atoms with Gasteiger partial charge in [-0.15, -0.1) is 0 Å². The predicted molar refractivity (Wildman–Crippen MR) is 118 cm³/mol. The van der Waals surface area contributed by atoms with E-state index in [1.807, 2.05) is 29.3 Å². The van der Waals surface area contributed by atoms with Crippen LogP contribution in [0.2, 0.25) is 0 Å². The van der Waals surface area contributed by atoms with Gasteiger partial charge in [0.2, 0.25) is 5.91 Å². The summed E-state index contributed by atoms with van der Waals surface area (Å²) in [6.45, 7) is 4.35. The number of rotatable bonds is 5. The molecule has 0 unspecified atom stereocenters. The Morgan fingerprint density at radius 3 is 2.77 bits per heavy atom. The minimum Gasteiger partial charge on any atom is -0.348 e. The SMILES string of the molecule is Cc1nc([C@@H]2CCCCN2Cc2ncc[nH]2)nc2c1CCC(=O)N2Cc1ccccc1. The number of carbonyl (C=O) groups excluding carboxylic acids is 1. The molecule has 1 aromatic carbocycles. The number of hydrogen-bond donors (Lipinski definition) is 1. The lowest BCUT2D eigenvalue weighted by Crippen LogP contribution is -2.38. The van der Waals surface area contributed by atoms with Gasteiger partial charge in [0.15, 0.2) is 0 Å². The maximum absolute atomic E-state index is 12.9. The molecule has 0 aliphatic carbocycles. The van der Waals surface area contributed by atoms with Gasteiger partial charge in [-0.05, 0) is 38.3 Å². The highest BCUT2D eigenvalue weighted by Gasteiger charge is 2.32. The molecule has 2 aliphatic rings. The van der Waals surface area contributed by atoms with Crippen LogP contribution in [0.1, 0.15) is 60.2 Å². The van der Waals surface area contributed by atoms with Crippen molar-refractivity contribution < 1.29 is 4.79 Å². The highest BCUT2D eigenvalue weighted by atomic mass is 16.2. The number of amides is 1. The van der Waals surface area contributed by atoms with Gasteiger partial charge in [0, 0.05) is 30.1 Å². The number of hydrogen-bond acceptors (Lipinski definition) is 5. The number of aryl methyl sites for hydroxylation is 1. The van der Waals surface area contributed by atoms with Crippen molar-refractivity contribution in [2.24, 2.45) is 0 Å². The largest absolute Gasteiger partial charge is 0.348 e. The van der Waals surface area contributed by atoms with Crippen LogP contribution in [0.15, 0.2) is 42.7 Å². The van der Waals surface area contributed by atoms with Crippen molar-refractivity contribution in [3.63, 3.8) is 0 Å². The van der Waals surface area contributed by atoms with Crippen molar-refractivity contribution in [2.75, 3.05) is 11.4 Å². The molecular formula is C24H28N6O. The van der Waals surface area contributed by atoms with Crippen LogP contribution in [-0.4, -0.2) is 37.3 Å². The molecule has 0 saturated carbocycles. The molecule has 0 radical (unpaired) electrons. The Hall–Kier alpha value is -3.06. The Balaban J connectivity index is 1.49. The van der Waals surface area contributed by atoms with Crippen molar-refractivity contribution in [3.8, 4) is 0 Å². The second-order valence-corrected chi connectivity index (χ2v) is 8.45. The van der Waals surface area contributed by atoms with Gasteiger partial charge >= 0.3 is 0 Å². The normalized spacial score (nSPS) is 19.5. The Bertz CT molecular complexity index is 1050. The number of aromatic nitrogens is 4. The zero-order valence-corrected chi connectivity index (χ0v) is 17.9. The number of anilines is 1. The van der Waals surface area contributed by atoms with Crippen LogP contribution < -0.4 is 4.90 Å². The number of nitrogens with zero attached hydrogens (tertiary/aromatic N) is 5. The quantitative estimate of drug-likeness (QED) is 0.686. The lowest BCUT2D eigenvalue weighted by Gasteiger charge is -2.36. The van der Waals surface area contributed by atoms with Crippen LogP contribution >= 0.6 is 0 Å². The summed E-state index contributed by atoms with van der Waals surface area (Å²) in [5.41, 5.74) is 3.21. The number of fused-ring (bicyclic) bond motifs is 1. The second kappa shape index (κ2) is 8.59. The highest BCUT2D eigenvalue weighted by molar-refractivity contribution is 5.95. The minimum atomic E-state index is 0.136. The van der Waals surface area contributed by atoms with Crippen molar-refractivity contribution in [3.05, 3.63) is 71.2 Å². The van der Waals surface area contributed by atoms with Gasteiger partial charge in [-0.25, -0.2) is 15.0 Å². The van der Waals surface area contributed by atoms with E-state index in [1.165, 1.54) is 6.42 Å². The Labute approximate surface area is 182 Å². The third-order valence-electron chi connectivity index (χ3n) is 6.36. The van der Waals surface area contributed by atoms with E-state index in [0.29, 0.717) is 19.4 Å². The first-order chi connectivity index (χ1) is 15.2. The third kappa shape index (κ3) is 4.10. The lowest BCUT2D eigenvalue weighted by atomic mass is 9.99. The van der Waals surface area contributed by atoms with Crippen LogP contribution in [0.5, 0.6) is 0 Å². The molecule has 31 heavy (non-hydrogen) atoms. The summed E-state index contributed by atoms with van der Waals surface area (Å²) < 4.78 is 0. The fraction of sp³-hybridized carbons (Fsp3) is 0.417. The maximum Gasteiger partial charge on any atom is 0.228 e. The fourth-order valence-electron chi connectivity index (χ4n) is 4.73. The highest BCUT2D eigenvalue weighted by Crippen LogP contribution is 2.35. The van der Waals surface area contributed by atoms with E-state index in [0.717, 1.165) is 60.2 Å². The summed E-state index contributed by atoms with van der Waals surface area (Å²) in [7, 11) is 0. The first-order valence-corrected chi connectivity index (χ1v) is 11.1. The molecule has 3 aromatic rings. The number of imidazole rings is 1. The summed E-state index contributed by atoms with van der Waals surface area (Å²) in [5, 5.41) is 0. The van der Waals surface area contributed by atoms with Gasteiger partial charge in [-0.1, -0.05) is 36.8 Å². The number of piperidine rings is 1. The van der Waals surface area contributed by atoms with Gasteiger partial charge < -0.3 is 4.98 Å². The van der Waals surface area contributed by atoms with Gasteiger partial charge in [-0.2, -0.15) is 0 Å². The average molecular weight is 417 g/mol. The monoisotopic (exact) mass is 416 g/mol. The molecule has 1 saturated heterocycles. The molecule has 1 fully saturated rings. The number of carbonyl (C=O) groups is 1. The van der Waals surface area contributed by atoms with Gasteiger partial charge in [-0.3, -0.25) is 14.6 Å². The smallest absolute Gasteiger partial charge is 0.228 e. The molecule has 7 heteroatoms. The standard InChI is InChI=1S/C24H28N6O/c1-17-19-10-11-22(31)30(15-18-7-3-2-4-8-18)24(19)28-23(27-17)20-9-5-6-14-29(20)16-21-25-12-13-26-21/h2-4,7-8,12-13,20H,5-6,9-11,14-16H2,1H3,(H,25,26)/t20-/m0/s1. The second-order valence-electron chi connectivity index (χ2n) is 8.45. The van der Waals surface area contributed by atoms with E-state index in [2.05, 4.69) is 33.9 Å². The topological polar surface area (TPSA) is 78.0 Å². The lowest BCUT2D eigenvalue weighted by molar-refractivity contribution is -0.119. The Morgan fingerprint density at radius 1 is 1.10 bits per heavy atom. The van der Waals surface area contributed by atoms with Crippen molar-refractivity contribution in [1.29, 1.82) is 0 Å². The summed E-state index contributed by atoms with van der Waals surface area (Å²) in [6.07, 6.45) is 8.22. The molecule has 1 amide bonds. The number of benzene rings is 1. The molecule has 7 nitrogen and oxygen atoms in total. The van der Waals surface area contributed by atoms with E-state index in [9.17, 15) is 4.79 Å². The van der Waals surface area contributed by atoms with E-state index >= 15 is 0 Å². The van der Waals surface area contributed by atoms with Crippen LogP contribution in [0, 0.1) is 6.92 Å². The number of likely N-dealkylation sites (tertiary alicyclic amines) is 1. The van der Waals surface area contributed by atoms with Crippen LogP contribution in [0.4, 0.5) is 5.82 Å². The first kappa shape index (κ1) is 19.9. The zero-order chi connectivity index (χ0) is 21.2. The molecule has 1 N–H and O–H groups in total. The third-order valence-corrected chi connectivity index (χ3v) is 6.36. The number of H-pyrrole nitrogens is 1. The van der Waals surface area contributed by atoms with E-state index in [-0.39, 0.29) is 11.9 Å². The molecule has 1 atom stereocenters. The average Bonchev–Trinajstić information content (AvgIpc) is 3.30. The molecule has 2 aromatic heterocycles. The maximum atomic E-state index is 12.9. The summed E-state index contributed by atoms with van der Waals surface area (Å²) in [5.74, 6) is 2.72. The van der Waals surface area contributed by atoms with Crippen LogP contribution in [0.25, 0.3) is 0 Å². The van der Waals surface area contributed by atoms with Gasteiger partial charge in [0.1, 0.15) is 17.5 Å². The van der Waals surface area contributed by atoms with Crippen LogP contribution in [-0.2, 0) is 24.3 Å². The minimum absolute atomic E-state index is 0.136. The summed E-state index contributed by atoms with van der Waals surface area (Å²) in [4.78, 5) is 34.7. The summed E-state index contributed by atoms with van der Waals surface area (Å²) in [6, 6.07) is 10.3. The van der Waals surface area contributed by atoms with Gasteiger partial charge in [0.05, 0.1) is 19.1 Å². The first-order valence-electron chi connectivity index (χ1n) is 11.1. The Kier molecular flexibility index (Phi) is 5.51. The van der Waals surface area contributed by atoms with Crippen LogP contribution in [0.3, 0.4) is 0 Å². The van der Waals surface area contributed by atoms with E-state index < -0.39 is 0 Å². The summed E-state index contributed by atoms with van der Waals surface area (Å²) >= 11 is 0. The fourth-order valence-corrected chi connectivity index (χ4v) is 4.73. The zero-order valence-electron chi connectivity index (χ0n) is 17.9. The van der Waals surface area contributed by atoms with Gasteiger partial charge in [0.25, 0.3) is 0 Å². The molecular weight excluding hydrogens is 388 g/mol. The van der Waals surface area contributed by atoms with Crippen molar-refractivity contribution in [2.45, 2.75) is 58.2 Å².